The van der Waals surface area contributed by atoms with E-state index in [1.807, 2.05) is 11.0 Å². The van der Waals surface area contributed by atoms with Gasteiger partial charge in [0, 0.05) is 31.7 Å². The topological polar surface area (TPSA) is 54.3 Å². The van der Waals surface area contributed by atoms with Gasteiger partial charge in [0.1, 0.15) is 0 Å². The van der Waals surface area contributed by atoms with E-state index in [4.69, 9.17) is 0 Å². The fourth-order valence-corrected chi connectivity index (χ4v) is 4.10. The number of rotatable bonds is 5. The zero-order valence-corrected chi connectivity index (χ0v) is 16.6. The Morgan fingerprint density at radius 3 is 2.81 bits per heavy atom. The highest BCUT2D eigenvalue weighted by atomic mass is 32.2. The van der Waals surface area contributed by atoms with Gasteiger partial charge in [0.2, 0.25) is 5.91 Å². The van der Waals surface area contributed by atoms with Gasteiger partial charge in [0.25, 0.3) is 0 Å². The molecule has 0 N–H and O–H groups in total. The Kier molecular flexibility index (Phi) is 6.32. The lowest BCUT2D eigenvalue weighted by Crippen LogP contribution is -2.35. The van der Waals surface area contributed by atoms with Crippen LogP contribution in [0.25, 0.3) is 11.4 Å². The van der Waals surface area contributed by atoms with Gasteiger partial charge in [-0.3, -0.25) is 4.79 Å². The summed E-state index contributed by atoms with van der Waals surface area (Å²) in [5.74, 6) is 1.46. The van der Waals surface area contributed by atoms with E-state index in [9.17, 15) is 4.79 Å². The molecule has 1 aliphatic heterocycles. The van der Waals surface area contributed by atoms with Crippen molar-refractivity contribution in [2.24, 2.45) is 0 Å². The lowest BCUT2D eigenvalue weighted by atomic mass is 10.1. The average molecular weight is 374 g/mol. The van der Waals surface area contributed by atoms with E-state index in [1.54, 1.807) is 0 Å². The van der Waals surface area contributed by atoms with Gasteiger partial charge in [-0.1, -0.05) is 35.5 Å². The fraction of sp³-hybridized carbons (Fsp3) is 0.526. The van der Waals surface area contributed by atoms with Gasteiger partial charge in [-0.15, -0.1) is 10.2 Å². The van der Waals surface area contributed by atoms with E-state index in [2.05, 4.69) is 58.8 Å². The van der Waals surface area contributed by atoms with E-state index >= 15 is 0 Å². The van der Waals surface area contributed by atoms with Crippen molar-refractivity contribution in [1.29, 1.82) is 0 Å². The predicted octanol–water partition coefficient (Wildman–Crippen LogP) is 2.53. The molecule has 2 aromatic rings. The fourth-order valence-electron chi connectivity index (χ4n) is 3.19. The second-order valence-corrected chi connectivity index (χ2v) is 7.69. The van der Waals surface area contributed by atoms with Crippen molar-refractivity contribution in [3.8, 4) is 11.4 Å². The monoisotopic (exact) mass is 373 g/mol. The van der Waals surface area contributed by atoms with Crippen LogP contribution in [0.5, 0.6) is 0 Å². The van der Waals surface area contributed by atoms with Gasteiger partial charge in [-0.2, -0.15) is 0 Å². The lowest BCUT2D eigenvalue weighted by Gasteiger charge is -2.20. The number of aryl methyl sites for hydroxylation is 1. The van der Waals surface area contributed by atoms with Gasteiger partial charge in [0.05, 0.1) is 5.75 Å². The molecule has 0 unspecified atom stereocenters. The van der Waals surface area contributed by atoms with Crippen LogP contribution in [0.1, 0.15) is 18.9 Å². The van der Waals surface area contributed by atoms with Crippen LogP contribution in [-0.4, -0.2) is 69.5 Å². The Hall–Kier alpha value is -1.86. The summed E-state index contributed by atoms with van der Waals surface area (Å²) in [4.78, 5) is 16.8. The minimum absolute atomic E-state index is 0.188. The summed E-state index contributed by atoms with van der Waals surface area (Å²) in [6.45, 7) is 8.59. The third kappa shape index (κ3) is 4.45. The molecule has 1 fully saturated rings. The van der Waals surface area contributed by atoms with Gasteiger partial charge >= 0.3 is 0 Å². The summed E-state index contributed by atoms with van der Waals surface area (Å²) in [5, 5.41) is 9.52. The highest BCUT2D eigenvalue weighted by Gasteiger charge is 2.19. The third-order valence-corrected chi connectivity index (χ3v) is 5.66. The Morgan fingerprint density at radius 2 is 2.04 bits per heavy atom. The predicted molar refractivity (Wildman–Crippen MR) is 105 cm³/mol. The first-order chi connectivity index (χ1) is 12.6. The number of hydrogen-bond donors (Lipinski definition) is 0. The maximum Gasteiger partial charge on any atom is 0.233 e. The number of likely N-dealkylation sites (N-methyl/N-ethyl adjacent to an activating group) is 1. The zero-order valence-electron chi connectivity index (χ0n) is 15.8. The molecular weight excluding hydrogens is 346 g/mol. The highest BCUT2D eigenvalue weighted by molar-refractivity contribution is 7.99. The molecule has 1 aliphatic rings. The molecule has 0 spiro atoms. The van der Waals surface area contributed by atoms with Crippen molar-refractivity contribution < 1.29 is 4.79 Å². The van der Waals surface area contributed by atoms with Crippen molar-refractivity contribution in [2.45, 2.75) is 32.0 Å². The van der Waals surface area contributed by atoms with Gasteiger partial charge in [-0.05, 0) is 39.9 Å². The first kappa shape index (κ1) is 18.9. The Morgan fingerprint density at radius 1 is 1.19 bits per heavy atom. The molecule has 140 valence electrons. The molecule has 1 amide bonds. The molecule has 1 aromatic heterocycles. The minimum atomic E-state index is 0.188. The van der Waals surface area contributed by atoms with Crippen molar-refractivity contribution >= 4 is 17.7 Å². The summed E-state index contributed by atoms with van der Waals surface area (Å²) in [6, 6.07) is 8.27. The maximum absolute atomic E-state index is 12.6. The quantitative estimate of drug-likeness (QED) is 0.754. The molecular formula is C19H27N5OS. The number of carbonyl (C=O) groups excluding carboxylic acids is 1. The maximum atomic E-state index is 12.6. The second-order valence-electron chi connectivity index (χ2n) is 6.75. The van der Waals surface area contributed by atoms with Crippen molar-refractivity contribution in [3.63, 3.8) is 0 Å². The Balaban J connectivity index is 1.67. The van der Waals surface area contributed by atoms with Crippen molar-refractivity contribution in [2.75, 3.05) is 39.0 Å². The Labute approximate surface area is 159 Å². The molecule has 1 saturated heterocycles. The van der Waals surface area contributed by atoms with Crippen molar-refractivity contribution in [1.82, 2.24) is 24.6 Å². The van der Waals surface area contributed by atoms with Crippen LogP contribution in [0.4, 0.5) is 0 Å². The number of benzene rings is 1. The van der Waals surface area contributed by atoms with E-state index in [-0.39, 0.29) is 5.91 Å². The summed E-state index contributed by atoms with van der Waals surface area (Å²) >= 11 is 1.49. The first-order valence-corrected chi connectivity index (χ1v) is 10.2. The molecule has 0 radical (unpaired) electrons. The van der Waals surface area contributed by atoms with Crippen LogP contribution in [0.15, 0.2) is 29.4 Å². The summed E-state index contributed by atoms with van der Waals surface area (Å²) in [7, 11) is 2.11. The smallest absolute Gasteiger partial charge is 0.233 e. The van der Waals surface area contributed by atoms with Crippen LogP contribution in [0.2, 0.25) is 0 Å². The van der Waals surface area contributed by atoms with Gasteiger partial charge < -0.3 is 14.4 Å². The molecule has 3 rings (SSSR count). The number of nitrogens with zero attached hydrogens (tertiary/aromatic N) is 5. The standard InChI is InChI=1S/C19H27N5OS/c1-4-24-18(16-8-5-7-15(2)13-16)20-21-19(24)26-14-17(25)23-10-6-9-22(3)11-12-23/h5,7-8,13H,4,6,9-12,14H2,1-3H3. The Bertz CT molecular complexity index is 760. The largest absolute Gasteiger partial charge is 0.341 e. The van der Waals surface area contributed by atoms with E-state index in [0.29, 0.717) is 5.75 Å². The molecule has 26 heavy (non-hydrogen) atoms. The molecule has 0 bridgehead atoms. The van der Waals surface area contributed by atoms with Crippen LogP contribution >= 0.6 is 11.8 Å². The minimum Gasteiger partial charge on any atom is -0.341 e. The number of hydrogen-bond acceptors (Lipinski definition) is 5. The number of carbonyl (C=O) groups is 1. The van der Waals surface area contributed by atoms with Gasteiger partial charge in [0.15, 0.2) is 11.0 Å². The molecule has 1 aromatic carbocycles. The third-order valence-electron chi connectivity index (χ3n) is 4.71. The molecule has 0 atom stereocenters. The van der Waals surface area contributed by atoms with Gasteiger partial charge in [-0.25, -0.2) is 0 Å². The van der Waals surface area contributed by atoms with E-state index in [1.165, 1.54) is 17.3 Å². The number of amides is 1. The molecule has 6 nitrogen and oxygen atoms in total. The normalized spacial score (nSPS) is 15.9. The van der Waals surface area contributed by atoms with Crippen LogP contribution in [0.3, 0.4) is 0 Å². The van der Waals surface area contributed by atoms with E-state index < -0.39 is 0 Å². The first-order valence-electron chi connectivity index (χ1n) is 9.18. The van der Waals surface area contributed by atoms with Crippen LogP contribution in [0, 0.1) is 6.92 Å². The molecule has 0 aliphatic carbocycles. The molecule has 0 saturated carbocycles. The van der Waals surface area contributed by atoms with Crippen LogP contribution in [-0.2, 0) is 11.3 Å². The molecule has 2 heterocycles. The molecule has 7 heteroatoms. The summed E-state index contributed by atoms with van der Waals surface area (Å²) < 4.78 is 2.09. The van der Waals surface area contributed by atoms with Crippen LogP contribution < -0.4 is 0 Å². The number of thioether (sulfide) groups is 1. The SMILES string of the molecule is CCn1c(SCC(=O)N2CCCN(C)CC2)nnc1-c1cccc(C)c1. The average Bonchev–Trinajstić information content (AvgIpc) is 2.92. The van der Waals surface area contributed by atoms with Crippen molar-refractivity contribution in [3.05, 3.63) is 29.8 Å². The summed E-state index contributed by atoms with van der Waals surface area (Å²) in [5.41, 5.74) is 2.26. The lowest BCUT2D eigenvalue weighted by molar-refractivity contribution is -0.128. The highest BCUT2D eigenvalue weighted by Crippen LogP contribution is 2.24. The zero-order chi connectivity index (χ0) is 18.5. The number of aromatic nitrogens is 3. The summed E-state index contributed by atoms with van der Waals surface area (Å²) in [6.07, 6.45) is 1.04. The second kappa shape index (κ2) is 8.68. The van der Waals surface area contributed by atoms with E-state index in [0.717, 1.165) is 55.7 Å².